The summed E-state index contributed by atoms with van der Waals surface area (Å²) in [6, 6.07) is 4.57. The smallest absolute Gasteiger partial charge is 0.194 e. The molecule has 2 aliphatic heterocycles. The monoisotopic (exact) mass is 459 g/mol. The first kappa shape index (κ1) is 19.0. The first-order valence-electron chi connectivity index (χ1n) is 9.49. The van der Waals surface area contributed by atoms with Gasteiger partial charge in [0.05, 0.1) is 12.9 Å². The van der Waals surface area contributed by atoms with Gasteiger partial charge in [0, 0.05) is 44.1 Å². The molecule has 5 nitrogen and oxygen atoms in total. The Morgan fingerprint density at radius 2 is 2.20 bits per heavy atom. The molecule has 0 bridgehead atoms. The predicted molar refractivity (Wildman–Crippen MR) is 110 cm³/mol. The van der Waals surface area contributed by atoms with E-state index in [-0.39, 0.29) is 24.0 Å². The van der Waals surface area contributed by atoms with Gasteiger partial charge in [-0.15, -0.1) is 24.0 Å². The predicted octanol–water partition coefficient (Wildman–Crippen LogP) is 3.44. The van der Waals surface area contributed by atoms with Crippen LogP contribution in [0, 0.1) is 5.41 Å². The summed E-state index contributed by atoms with van der Waals surface area (Å²) in [4.78, 5) is 7.40. The average Bonchev–Trinajstić information content (AvgIpc) is 3.37. The number of furan rings is 1. The van der Waals surface area contributed by atoms with Crippen molar-refractivity contribution in [2.75, 3.05) is 32.8 Å². The number of hydrogen-bond donors (Lipinski definition) is 1. The van der Waals surface area contributed by atoms with Crippen molar-refractivity contribution in [2.24, 2.45) is 10.4 Å². The fourth-order valence-corrected chi connectivity index (χ4v) is 4.30. The van der Waals surface area contributed by atoms with Crippen molar-refractivity contribution in [2.45, 2.75) is 51.0 Å². The van der Waals surface area contributed by atoms with Crippen LogP contribution in [0.5, 0.6) is 0 Å². The van der Waals surface area contributed by atoms with Gasteiger partial charge in [-0.05, 0) is 37.8 Å². The Labute approximate surface area is 167 Å². The lowest BCUT2D eigenvalue weighted by Crippen LogP contribution is -2.45. The van der Waals surface area contributed by atoms with Gasteiger partial charge in [0.25, 0.3) is 0 Å². The van der Waals surface area contributed by atoms with E-state index in [2.05, 4.69) is 10.2 Å². The molecule has 0 radical (unpaired) electrons. The van der Waals surface area contributed by atoms with E-state index in [0.717, 1.165) is 51.0 Å². The molecule has 1 N–H and O–H groups in total. The third-order valence-electron chi connectivity index (χ3n) is 5.81. The second kappa shape index (κ2) is 8.75. The maximum absolute atomic E-state index is 5.67. The van der Waals surface area contributed by atoms with Crippen LogP contribution in [-0.4, -0.2) is 49.7 Å². The molecule has 1 aromatic rings. The van der Waals surface area contributed by atoms with Gasteiger partial charge >= 0.3 is 0 Å². The Bertz CT molecular complexity index is 549. The molecule has 3 fully saturated rings. The number of halogens is 1. The number of rotatable bonds is 4. The van der Waals surface area contributed by atoms with E-state index < -0.39 is 0 Å². The quantitative estimate of drug-likeness (QED) is 0.426. The minimum Gasteiger partial charge on any atom is -0.469 e. The zero-order valence-corrected chi connectivity index (χ0v) is 17.2. The minimum atomic E-state index is 0. The Kier molecular flexibility index (Phi) is 6.66. The van der Waals surface area contributed by atoms with Gasteiger partial charge in [0.15, 0.2) is 5.96 Å². The Morgan fingerprint density at radius 1 is 1.32 bits per heavy atom. The highest BCUT2D eigenvalue weighted by molar-refractivity contribution is 14.0. The number of hydrogen-bond acceptors (Lipinski definition) is 3. The molecule has 0 amide bonds. The van der Waals surface area contributed by atoms with Crippen molar-refractivity contribution in [3.63, 3.8) is 0 Å². The number of nitrogens with zero attached hydrogens (tertiary/aromatic N) is 2. The summed E-state index contributed by atoms with van der Waals surface area (Å²) in [5, 5.41) is 3.75. The lowest BCUT2D eigenvalue weighted by Gasteiger charge is -2.27. The summed E-state index contributed by atoms with van der Waals surface area (Å²) in [6.45, 7) is 4.82. The van der Waals surface area contributed by atoms with E-state index in [9.17, 15) is 0 Å². The van der Waals surface area contributed by atoms with Gasteiger partial charge < -0.3 is 19.4 Å². The highest BCUT2D eigenvalue weighted by Gasteiger charge is 2.42. The van der Waals surface area contributed by atoms with Gasteiger partial charge in [-0.1, -0.05) is 12.8 Å². The summed E-state index contributed by atoms with van der Waals surface area (Å²) >= 11 is 0. The van der Waals surface area contributed by atoms with Gasteiger partial charge in [0.2, 0.25) is 0 Å². The number of guanidine groups is 1. The molecule has 6 heteroatoms. The molecule has 1 saturated carbocycles. The maximum Gasteiger partial charge on any atom is 0.194 e. The molecule has 3 aliphatic rings. The molecular weight excluding hydrogens is 429 g/mol. The Balaban J connectivity index is 0.00000182. The molecule has 1 unspecified atom stereocenters. The van der Waals surface area contributed by atoms with E-state index in [1.165, 1.54) is 38.5 Å². The fraction of sp³-hybridized carbons (Fsp3) is 0.737. The summed E-state index contributed by atoms with van der Waals surface area (Å²) in [5.74, 6) is 2.12. The molecule has 1 aromatic heterocycles. The van der Waals surface area contributed by atoms with Gasteiger partial charge in [0.1, 0.15) is 5.76 Å². The Morgan fingerprint density at radius 3 is 2.92 bits per heavy atom. The van der Waals surface area contributed by atoms with Crippen molar-refractivity contribution in [3.05, 3.63) is 24.2 Å². The third-order valence-corrected chi connectivity index (χ3v) is 5.81. The summed E-state index contributed by atoms with van der Waals surface area (Å²) in [5.41, 5.74) is 0.374. The van der Waals surface area contributed by atoms with E-state index in [1.807, 2.05) is 12.1 Å². The molecule has 4 rings (SSSR count). The molecule has 3 heterocycles. The van der Waals surface area contributed by atoms with E-state index in [1.54, 1.807) is 6.26 Å². The lowest BCUT2D eigenvalue weighted by atomic mass is 9.87. The number of likely N-dealkylation sites (tertiary alicyclic amines) is 1. The zero-order chi connectivity index (χ0) is 16.2. The first-order chi connectivity index (χ1) is 11.8. The molecule has 0 aromatic carbocycles. The van der Waals surface area contributed by atoms with Gasteiger partial charge in [-0.3, -0.25) is 4.99 Å². The van der Waals surface area contributed by atoms with Gasteiger partial charge in [-0.25, -0.2) is 0 Å². The molecule has 140 valence electrons. The molecular formula is C19H30IN3O2. The van der Waals surface area contributed by atoms with Crippen molar-refractivity contribution < 1.29 is 9.15 Å². The Hall–Kier alpha value is -0.760. The van der Waals surface area contributed by atoms with Crippen LogP contribution in [0.15, 0.2) is 27.8 Å². The van der Waals surface area contributed by atoms with Crippen LogP contribution in [0.4, 0.5) is 0 Å². The molecule has 1 spiro atoms. The second-order valence-corrected chi connectivity index (χ2v) is 7.63. The third kappa shape index (κ3) is 4.70. The molecule has 1 aliphatic carbocycles. The normalized spacial score (nSPS) is 27.2. The highest BCUT2D eigenvalue weighted by atomic mass is 127. The average molecular weight is 459 g/mol. The standard InChI is InChI=1S/C19H29N3O2.HI/c1-2-5-16(4-1)21-18(20-10-7-17-6-3-12-24-17)22-11-8-19(14-22)9-13-23-15-19;/h3,6,12,16H,1-2,4-5,7-11,13-15H2,(H,20,21);1H. The van der Waals surface area contributed by atoms with Crippen LogP contribution in [0.25, 0.3) is 0 Å². The van der Waals surface area contributed by atoms with E-state index in [0.29, 0.717) is 11.5 Å². The van der Waals surface area contributed by atoms with Crippen molar-refractivity contribution in [1.29, 1.82) is 0 Å². The summed E-state index contributed by atoms with van der Waals surface area (Å²) in [7, 11) is 0. The molecule has 2 saturated heterocycles. The van der Waals surface area contributed by atoms with E-state index >= 15 is 0 Å². The largest absolute Gasteiger partial charge is 0.469 e. The van der Waals surface area contributed by atoms with Crippen molar-refractivity contribution >= 4 is 29.9 Å². The highest BCUT2D eigenvalue weighted by Crippen LogP contribution is 2.38. The van der Waals surface area contributed by atoms with Crippen LogP contribution in [0.3, 0.4) is 0 Å². The van der Waals surface area contributed by atoms with Gasteiger partial charge in [-0.2, -0.15) is 0 Å². The molecule has 25 heavy (non-hydrogen) atoms. The summed E-state index contributed by atoms with van der Waals surface area (Å²) in [6.07, 6.45) is 10.3. The second-order valence-electron chi connectivity index (χ2n) is 7.63. The van der Waals surface area contributed by atoms with Crippen LogP contribution in [0.1, 0.15) is 44.3 Å². The first-order valence-corrected chi connectivity index (χ1v) is 9.49. The van der Waals surface area contributed by atoms with Crippen molar-refractivity contribution in [3.8, 4) is 0 Å². The lowest BCUT2D eigenvalue weighted by molar-refractivity contribution is 0.156. The fourth-order valence-electron chi connectivity index (χ4n) is 4.30. The van der Waals surface area contributed by atoms with Crippen LogP contribution in [-0.2, 0) is 11.2 Å². The number of aliphatic imine (C=N–C) groups is 1. The summed E-state index contributed by atoms with van der Waals surface area (Å²) < 4.78 is 11.1. The van der Waals surface area contributed by atoms with E-state index in [4.69, 9.17) is 14.1 Å². The van der Waals surface area contributed by atoms with Crippen LogP contribution >= 0.6 is 24.0 Å². The van der Waals surface area contributed by atoms with Crippen LogP contribution < -0.4 is 5.32 Å². The van der Waals surface area contributed by atoms with Crippen LogP contribution in [0.2, 0.25) is 0 Å². The topological polar surface area (TPSA) is 50.0 Å². The minimum absolute atomic E-state index is 0. The number of ether oxygens (including phenoxy) is 1. The SMILES string of the molecule is I.c1coc(CCN=C(NC2CCCC2)N2CCC3(CCOC3)C2)c1. The van der Waals surface area contributed by atoms with Crippen molar-refractivity contribution in [1.82, 2.24) is 10.2 Å². The molecule has 1 atom stereocenters. The number of nitrogens with one attached hydrogen (secondary N) is 1. The maximum atomic E-state index is 5.67. The zero-order valence-electron chi connectivity index (χ0n) is 14.9.